The quantitative estimate of drug-likeness (QED) is 0.125. The van der Waals surface area contributed by atoms with Crippen molar-refractivity contribution in [3.63, 3.8) is 0 Å². The van der Waals surface area contributed by atoms with Gasteiger partial charge in [0.1, 0.15) is 0 Å². The van der Waals surface area contributed by atoms with Gasteiger partial charge in [0.05, 0.1) is 0 Å². The monoisotopic (exact) mass is 539 g/mol. The Morgan fingerprint density at radius 1 is 0.412 bits per heavy atom. The Bertz CT molecular complexity index is 767. The Kier molecular flexibility index (Phi) is 14.5. The standard InChI is InChI=1S/C32H44P.BrH/c1-2-3-4-5-6-7-8-9-10-11-12-22-29-33(30-23-16-13-17-24-30,31-25-18-14-19-26-31)32-27-20-15-21-28-32;/h13-21,23-28H,2-12,22,29H2,1H3;1H. The van der Waals surface area contributed by atoms with E-state index in [0.29, 0.717) is 0 Å². The van der Waals surface area contributed by atoms with Crippen molar-refractivity contribution in [1.29, 1.82) is 0 Å². The lowest BCUT2D eigenvalue weighted by Crippen LogP contribution is -2.33. The van der Waals surface area contributed by atoms with E-state index in [-0.39, 0.29) is 17.0 Å². The fourth-order valence-electron chi connectivity index (χ4n) is 5.07. The van der Waals surface area contributed by atoms with Gasteiger partial charge in [0, 0.05) is 0 Å². The molecule has 0 unspecified atom stereocenters. The highest BCUT2D eigenvalue weighted by atomic mass is 79.9. The molecule has 0 aromatic heterocycles. The molecule has 0 aliphatic heterocycles. The summed E-state index contributed by atoms with van der Waals surface area (Å²) in [5.41, 5.74) is 0. The predicted octanol–water partition coefficient (Wildman–Crippen LogP) is 9.26. The first kappa shape index (κ1) is 28.8. The van der Waals surface area contributed by atoms with Crippen LogP contribution in [-0.2, 0) is 0 Å². The average molecular weight is 541 g/mol. The molecular formula is C32H45BrP. The van der Waals surface area contributed by atoms with Crippen molar-refractivity contribution in [3.8, 4) is 0 Å². The minimum atomic E-state index is -1.63. The number of rotatable bonds is 16. The third-order valence-electron chi connectivity index (χ3n) is 6.94. The van der Waals surface area contributed by atoms with Crippen LogP contribution >= 0.6 is 24.2 Å². The van der Waals surface area contributed by atoms with E-state index in [1.54, 1.807) is 0 Å². The summed E-state index contributed by atoms with van der Waals surface area (Å²) in [5.74, 6) is 0. The second-order valence-electron chi connectivity index (χ2n) is 9.43. The first-order valence-electron chi connectivity index (χ1n) is 13.4. The molecule has 0 spiro atoms. The molecule has 3 aromatic carbocycles. The Balaban J connectivity index is 0.00000408. The van der Waals surface area contributed by atoms with Crippen molar-refractivity contribution < 1.29 is 0 Å². The van der Waals surface area contributed by atoms with Crippen molar-refractivity contribution in [1.82, 2.24) is 0 Å². The minimum Gasteiger partial charge on any atom is -0.114 e. The molecule has 0 saturated carbocycles. The fraction of sp³-hybridized carbons (Fsp3) is 0.438. The molecule has 0 bridgehead atoms. The minimum absolute atomic E-state index is 0. The van der Waals surface area contributed by atoms with Gasteiger partial charge in [-0.1, -0.05) is 169 Å². The average Bonchev–Trinajstić information content (AvgIpc) is 2.89. The number of benzene rings is 3. The van der Waals surface area contributed by atoms with Gasteiger partial charge in [0.2, 0.25) is 0 Å². The first-order valence-corrected chi connectivity index (χ1v) is 15.4. The zero-order valence-corrected chi connectivity index (χ0v) is 23.8. The Labute approximate surface area is 220 Å². The summed E-state index contributed by atoms with van der Waals surface area (Å²) in [6.07, 6.45) is 18.1. The van der Waals surface area contributed by atoms with Crippen LogP contribution < -0.4 is 15.9 Å². The molecule has 0 amide bonds. The molecule has 2 heteroatoms. The van der Waals surface area contributed by atoms with Gasteiger partial charge in [-0.25, -0.2) is 0 Å². The maximum Gasteiger partial charge on any atom is -0.0196 e. The largest absolute Gasteiger partial charge is 0.114 e. The SMILES string of the molecule is Br.CCCCCCCCCCCCCC[P](c1ccccc1)(c1ccccc1)c1ccccc1. The summed E-state index contributed by atoms with van der Waals surface area (Å²) >= 11 is 0. The van der Waals surface area contributed by atoms with Crippen LogP contribution in [0.5, 0.6) is 0 Å². The first-order chi connectivity index (χ1) is 16.4. The van der Waals surface area contributed by atoms with E-state index in [4.69, 9.17) is 0 Å². The van der Waals surface area contributed by atoms with Gasteiger partial charge in [-0.15, -0.1) is 17.0 Å². The van der Waals surface area contributed by atoms with Crippen molar-refractivity contribution >= 4 is 40.2 Å². The molecule has 3 rings (SSSR count). The topological polar surface area (TPSA) is 0 Å². The predicted molar refractivity (Wildman–Crippen MR) is 161 cm³/mol. The van der Waals surface area contributed by atoms with E-state index in [9.17, 15) is 0 Å². The smallest absolute Gasteiger partial charge is 0.0196 e. The third kappa shape index (κ3) is 8.66. The van der Waals surface area contributed by atoms with E-state index < -0.39 is 7.26 Å². The zero-order chi connectivity index (χ0) is 23.0. The molecule has 185 valence electrons. The molecule has 0 fully saturated rings. The highest BCUT2D eigenvalue weighted by Gasteiger charge is 2.33. The van der Waals surface area contributed by atoms with Crippen LogP contribution in [0.2, 0.25) is 0 Å². The molecule has 1 radical (unpaired) electrons. The van der Waals surface area contributed by atoms with Crippen molar-refractivity contribution in [2.45, 2.75) is 84.0 Å². The van der Waals surface area contributed by atoms with Gasteiger partial charge in [-0.05, 0) is 35.8 Å². The van der Waals surface area contributed by atoms with E-state index >= 15 is 0 Å². The number of unbranched alkanes of at least 4 members (excludes halogenated alkanes) is 11. The van der Waals surface area contributed by atoms with Crippen LogP contribution in [0.4, 0.5) is 0 Å². The van der Waals surface area contributed by atoms with Gasteiger partial charge in [0.15, 0.2) is 0 Å². The number of hydrogen-bond acceptors (Lipinski definition) is 0. The molecule has 0 aliphatic carbocycles. The molecule has 0 heterocycles. The molecule has 0 N–H and O–H groups in total. The van der Waals surface area contributed by atoms with Crippen molar-refractivity contribution in [2.75, 3.05) is 6.16 Å². The lowest BCUT2D eigenvalue weighted by molar-refractivity contribution is 0.548. The van der Waals surface area contributed by atoms with Crippen LogP contribution in [0.15, 0.2) is 91.0 Å². The third-order valence-corrected chi connectivity index (χ3v) is 11.5. The molecule has 3 aromatic rings. The molecule has 0 saturated heterocycles. The second kappa shape index (κ2) is 17.1. The van der Waals surface area contributed by atoms with E-state index in [0.717, 1.165) is 0 Å². The highest BCUT2D eigenvalue weighted by Crippen LogP contribution is 2.55. The molecular weight excluding hydrogens is 495 g/mol. The Hall–Kier alpha value is -1.43. The Morgan fingerprint density at radius 3 is 1.03 bits per heavy atom. The number of hydrogen-bond donors (Lipinski definition) is 0. The summed E-state index contributed by atoms with van der Waals surface area (Å²) in [6.45, 7) is 2.30. The number of halogens is 1. The molecule has 34 heavy (non-hydrogen) atoms. The van der Waals surface area contributed by atoms with Crippen LogP contribution in [0.3, 0.4) is 0 Å². The van der Waals surface area contributed by atoms with Gasteiger partial charge in [0.25, 0.3) is 0 Å². The van der Waals surface area contributed by atoms with Gasteiger partial charge in [-0.3, -0.25) is 0 Å². The summed E-state index contributed by atoms with van der Waals surface area (Å²) < 4.78 is 0. The van der Waals surface area contributed by atoms with E-state index in [2.05, 4.69) is 97.9 Å². The van der Waals surface area contributed by atoms with Gasteiger partial charge >= 0.3 is 0 Å². The molecule has 0 nitrogen and oxygen atoms in total. The van der Waals surface area contributed by atoms with Gasteiger partial charge in [-0.2, -0.15) is 0 Å². The van der Waals surface area contributed by atoms with Crippen molar-refractivity contribution in [2.24, 2.45) is 0 Å². The Morgan fingerprint density at radius 2 is 0.706 bits per heavy atom. The lowest BCUT2D eigenvalue weighted by Gasteiger charge is -2.38. The van der Waals surface area contributed by atoms with Crippen LogP contribution in [0, 0.1) is 0 Å². The van der Waals surface area contributed by atoms with E-state index in [1.165, 1.54) is 99.1 Å². The summed E-state index contributed by atoms with van der Waals surface area (Å²) in [5, 5.41) is 4.56. The molecule has 0 aliphatic rings. The van der Waals surface area contributed by atoms with Crippen LogP contribution in [0.25, 0.3) is 0 Å². The fourth-order valence-corrected chi connectivity index (χ4v) is 9.48. The maximum atomic E-state index is 2.37. The molecule has 0 atom stereocenters. The van der Waals surface area contributed by atoms with E-state index in [1.807, 2.05) is 0 Å². The second-order valence-corrected chi connectivity index (χ2v) is 13.0. The van der Waals surface area contributed by atoms with Gasteiger partial charge < -0.3 is 0 Å². The summed E-state index contributed by atoms with van der Waals surface area (Å²) in [7, 11) is -1.63. The van der Waals surface area contributed by atoms with Crippen molar-refractivity contribution in [3.05, 3.63) is 91.0 Å². The zero-order valence-electron chi connectivity index (χ0n) is 21.2. The normalized spacial score (nSPS) is 11.2. The highest BCUT2D eigenvalue weighted by molar-refractivity contribution is 8.93. The maximum absolute atomic E-state index is 2.37. The lowest BCUT2D eigenvalue weighted by atomic mass is 10.1. The van der Waals surface area contributed by atoms with Crippen LogP contribution in [-0.4, -0.2) is 6.16 Å². The van der Waals surface area contributed by atoms with Crippen LogP contribution in [0.1, 0.15) is 84.0 Å². The summed E-state index contributed by atoms with van der Waals surface area (Å²) in [6, 6.07) is 34.0. The summed E-state index contributed by atoms with van der Waals surface area (Å²) in [4.78, 5) is 0.